The third-order valence-electron chi connectivity index (χ3n) is 4.50. The number of hydrogen-bond acceptors (Lipinski definition) is 6. The molecule has 26 heavy (non-hydrogen) atoms. The molecule has 1 aromatic heterocycles. The molecule has 1 aliphatic heterocycles. The van der Waals surface area contributed by atoms with Crippen molar-refractivity contribution in [3.63, 3.8) is 0 Å². The van der Waals surface area contributed by atoms with E-state index >= 15 is 0 Å². The summed E-state index contributed by atoms with van der Waals surface area (Å²) in [5.41, 5.74) is 1.54. The second-order valence-corrected chi connectivity index (χ2v) is 7.20. The Bertz CT molecular complexity index is 1040. The predicted octanol–water partition coefficient (Wildman–Crippen LogP) is 4.04. The number of fused-ring (bicyclic) bond motifs is 2. The number of aromatic nitrogens is 1. The fourth-order valence-electron chi connectivity index (χ4n) is 3.12. The Morgan fingerprint density at radius 3 is 2.85 bits per heavy atom. The number of aliphatic hydroxyl groups is 1. The van der Waals surface area contributed by atoms with Crippen molar-refractivity contribution in [2.24, 2.45) is 0 Å². The van der Waals surface area contributed by atoms with Crippen molar-refractivity contribution >= 4 is 28.7 Å². The lowest BCUT2D eigenvalue weighted by atomic mass is 9.86. The third kappa shape index (κ3) is 2.75. The van der Waals surface area contributed by atoms with Crippen molar-refractivity contribution in [3.05, 3.63) is 52.5 Å². The number of aliphatic hydroxyl groups excluding tert-OH is 1. The van der Waals surface area contributed by atoms with Gasteiger partial charge in [-0.25, -0.2) is 0 Å². The van der Waals surface area contributed by atoms with Crippen molar-refractivity contribution < 1.29 is 14.3 Å². The first-order chi connectivity index (χ1) is 12.4. The first-order valence-electron chi connectivity index (χ1n) is 8.11. The van der Waals surface area contributed by atoms with Crippen LogP contribution in [0, 0.1) is 11.3 Å². The molecule has 0 amide bonds. The minimum absolute atomic E-state index is 0.261. The highest BCUT2D eigenvalue weighted by Crippen LogP contribution is 2.42. The lowest BCUT2D eigenvalue weighted by Gasteiger charge is -2.42. The number of anilines is 1. The zero-order chi connectivity index (χ0) is 18.5. The number of rotatable bonds is 2. The number of nitriles is 1. The molecule has 2 unspecified atom stereocenters. The van der Waals surface area contributed by atoms with Gasteiger partial charge in [-0.05, 0) is 50.2 Å². The van der Waals surface area contributed by atoms with Gasteiger partial charge in [0.05, 0.1) is 17.7 Å². The van der Waals surface area contributed by atoms with E-state index in [0.29, 0.717) is 33.0 Å². The van der Waals surface area contributed by atoms with E-state index in [1.54, 1.807) is 50.2 Å². The average Bonchev–Trinajstić information content (AvgIpc) is 3.00. The highest BCUT2D eigenvalue weighted by molar-refractivity contribution is 6.31. The average molecular weight is 370 g/mol. The molecule has 0 fully saturated rings. The largest absolute Gasteiger partial charge is 0.485 e. The van der Waals surface area contributed by atoms with Crippen molar-refractivity contribution in [3.8, 4) is 11.8 Å². The molecule has 0 spiro atoms. The quantitative estimate of drug-likeness (QED) is 0.708. The van der Waals surface area contributed by atoms with Crippen LogP contribution < -0.4 is 10.1 Å². The summed E-state index contributed by atoms with van der Waals surface area (Å²) >= 11 is 5.99. The zero-order valence-corrected chi connectivity index (χ0v) is 14.9. The summed E-state index contributed by atoms with van der Waals surface area (Å²) in [6.07, 6.45) is -0.887. The summed E-state index contributed by atoms with van der Waals surface area (Å²) in [5, 5.41) is 23.7. The van der Waals surface area contributed by atoms with E-state index in [2.05, 4.69) is 16.4 Å². The maximum Gasteiger partial charge on any atom is 0.296 e. The molecule has 132 valence electrons. The topological polar surface area (TPSA) is 91.3 Å². The van der Waals surface area contributed by atoms with E-state index in [0.717, 1.165) is 0 Å². The predicted molar refractivity (Wildman–Crippen MR) is 97.3 cm³/mol. The molecule has 0 saturated heterocycles. The highest BCUT2D eigenvalue weighted by atomic mass is 35.5. The first-order valence-corrected chi connectivity index (χ1v) is 8.49. The second kappa shape index (κ2) is 5.90. The van der Waals surface area contributed by atoms with Gasteiger partial charge in [-0.15, -0.1) is 0 Å². The van der Waals surface area contributed by atoms with Crippen LogP contribution in [0.15, 0.2) is 40.8 Å². The van der Waals surface area contributed by atoms with Crippen LogP contribution in [0.4, 0.5) is 6.01 Å². The standard InChI is InChI=1S/C19H16ClN3O3/c1-19(2)17(24)16(12-7-10(9-21)3-5-14(12)26-19)23-18-22-13-8-11(20)4-6-15(13)25-18/h3-8,16-17,24H,1-2H3,(H,22,23). The molecule has 0 radical (unpaired) electrons. The SMILES string of the molecule is CC1(C)Oc2ccc(C#N)cc2C(Nc2nc3cc(Cl)ccc3o2)C1O. The number of nitrogens with zero attached hydrogens (tertiary/aromatic N) is 2. The van der Waals surface area contributed by atoms with Crippen LogP contribution in [0.25, 0.3) is 11.1 Å². The van der Waals surface area contributed by atoms with Crippen molar-refractivity contribution in [2.75, 3.05) is 5.32 Å². The molecular weight excluding hydrogens is 354 g/mol. The molecule has 2 N–H and O–H groups in total. The van der Waals surface area contributed by atoms with Gasteiger partial charge in [-0.1, -0.05) is 11.6 Å². The van der Waals surface area contributed by atoms with Gasteiger partial charge < -0.3 is 19.6 Å². The number of nitrogens with one attached hydrogen (secondary N) is 1. The summed E-state index contributed by atoms with van der Waals surface area (Å²) in [5.74, 6) is 0.607. The lowest BCUT2D eigenvalue weighted by molar-refractivity contribution is -0.0536. The minimum atomic E-state index is -0.887. The fraction of sp³-hybridized carbons (Fsp3) is 0.263. The summed E-state index contributed by atoms with van der Waals surface area (Å²) in [6.45, 7) is 3.61. The van der Waals surface area contributed by atoms with E-state index in [-0.39, 0.29) is 6.01 Å². The second-order valence-electron chi connectivity index (χ2n) is 6.77. The van der Waals surface area contributed by atoms with E-state index in [9.17, 15) is 10.4 Å². The highest BCUT2D eigenvalue weighted by Gasteiger charge is 2.43. The lowest BCUT2D eigenvalue weighted by Crippen LogP contribution is -2.50. The molecule has 0 aliphatic carbocycles. The summed E-state index contributed by atoms with van der Waals surface area (Å²) in [4.78, 5) is 4.39. The Morgan fingerprint density at radius 1 is 1.27 bits per heavy atom. The summed E-state index contributed by atoms with van der Waals surface area (Å²) in [6, 6.07) is 12.1. The number of ether oxygens (including phenoxy) is 1. The van der Waals surface area contributed by atoms with Crippen molar-refractivity contribution in [2.45, 2.75) is 31.6 Å². The van der Waals surface area contributed by atoms with E-state index in [4.69, 9.17) is 20.8 Å². The maximum absolute atomic E-state index is 10.8. The van der Waals surface area contributed by atoms with E-state index < -0.39 is 17.7 Å². The van der Waals surface area contributed by atoms with Gasteiger partial charge in [-0.3, -0.25) is 0 Å². The van der Waals surface area contributed by atoms with Crippen LogP contribution >= 0.6 is 11.6 Å². The molecule has 3 aromatic rings. The van der Waals surface area contributed by atoms with Crippen LogP contribution in [0.1, 0.15) is 31.0 Å². The van der Waals surface area contributed by atoms with Gasteiger partial charge in [0.1, 0.15) is 23.0 Å². The van der Waals surface area contributed by atoms with Crippen molar-refractivity contribution in [1.82, 2.24) is 4.98 Å². The molecule has 4 rings (SSSR count). The van der Waals surface area contributed by atoms with Crippen LogP contribution in [0.2, 0.25) is 5.02 Å². The maximum atomic E-state index is 10.8. The van der Waals surface area contributed by atoms with Crippen LogP contribution in [-0.4, -0.2) is 21.8 Å². The van der Waals surface area contributed by atoms with Gasteiger partial charge >= 0.3 is 0 Å². The van der Waals surface area contributed by atoms with Crippen LogP contribution in [0.3, 0.4) is 0 Å². The number of benzene rings is 2. The summed E-state index contributed by atoms with van der Waals surface area (Å²) in [7, 11) is 0. The monoisotopic (exact) mass is 369 g/mol. The Balaban J connectivity index is 1.77. The van der Waals surface area contributed by atoms with Gasteiger partial charge in [0.25, 0.3) is 6.01 Å². The molecule has 0 saturated carbocycles. The molecule has 0 bridgehead atoms. The number of halogens is 1. The normalized spacial score (nSPS) is 20.9. The Kier molecular flexibility index (Phi) is 3.79. The van der Waals surface area contributed by atoms with Gasteiger partial charge in [0.2, 0.25) is 0 Å². The molecule has 6 nitrogen and oxygen atoms in total. The smallest absolute Gasteiger partial charge is 0.296 e. The van der Waals surface area contributed by atoms with Crippen LogP contribution in [0.5, 0.6) is 5.75 Å². The third-order valence-corrected chi connectivity index (χ3v) is 4.74. The fourth-order valence-corrected chi connectivity index (χ4v) is 3.29. The molecule has 2 atom stereocenters. The summed E-state index contributed by atoms with van der Waals surface area (Å²) < 4.78 is 11.6. The first kappa shape index (κ1) is 16.7. The number of hydrogen-bond donors (Lipinski definition) is 2. The van der Waals surface area contributed by atoms with Gasteiger partial charge in [-0.2, -0.15) is 10.2 Å². The molecule has 2 aromatic carbocycles. The molecule has 7 heteroatoms. The van der Waals surface area contributed by atoms with Gasteiger partial charge in [0.15, 0.2) is 5.58 Å². The molecule has 1 aliphatic rings. The van der Waals surface area contributed by atoms with Crippen LogP contribution in [-0.2, 0) is 0 Å². The molecular formula is C19H16ClN3O3. The molecule has 2 heterocycles. The minimum Gasteiger partial charge on any atom is -0.485 e. The Labute approximate surface area is 155 Å². The van der Waals surface area contributed by atoms with Gasteiger partial charge in [0, 0.05) is 10.6 Å². The van der Waals surface area contributed by atoms with E-state index in [1.807, 2.05) is 0 Å². The zero-order valence-electron chi connectivity index (χ0n) is 14.2. The Morgan fingerprint density at radius 2 is 2.08 bits per heavy atom. The number of oxazole rings is 1. The van der Waals surface area contributed by atoms with E-state index in [1.165, 1.54) is 0 Å². The van der Waals surface area contributed by atoms with Crippen molar-refractivity contribution in [1.29, 1.82) is 5.26 Å². The Hall–Kier alpha value is -2.75.